The van der Waals surface area contributed by atoms with Gasteiger partial charge >= 0.3 is 8.80 Å². The molecule has 1 aromatic heterocycles. The molecule has 0 bridgehead atoms. The fraction of sp³-hybridized carbons (Fsp3) is 0.769. The molecule has 6 heteroatoms. The number of hydrogen-bond donors (Lipinski definition) is 1. The highest BCUT2D eigenvalue weighted by molar-refractivity contribution is 6.60. The first-order valence-electron chi connectivity index (χ1n) is 7.03. The lowest BCUT2D eigenvalue weighted by Gasteiger charge is -2.27. The molecule has 1 aromatic rings. The standard InChI is InChI=1S/C9H22O3Si.C4H6N2/c1-5-9-13(10-6-2,11-7-3)12-8-4;1-6-3-2-5-4-6/h5-9H2,1-4H3;2-4H,1H3/p+1. The van der Waals surface area contributed by atoms with Crippen LogP contribution in [-0.4, -0.2) is 33.6 Å². The number of aromatic amines is 1. The van der Waals surface area contributed by atoms with Crippen LogP contribution in [0.15, 0.2) is 18.7 Å². The molecule has 0 aromatic carbocycles. The van der Waals surface area contributed by atoms with E-state index in [9.17, 15) is 0 Å². The van der Waals surface area contributed by atoms with E-state index in [1.54, 1.807) is 0 Å². The molecular formula is C13H29N2O3Si+. The molecule has 0 aliphatic heterocycles. The van der Waals surface area contributed by atoms with Crippen LogP contribution in [0.4, 0.5) is 0 Å². The van der Waals surface area contributed by atoms with Gasteiger partial charge in [-0.1, -0.05) is 13.3 Å². The second-order valence-corrected chi connectivity index (χ2v) is 6.74. The zero-order valence-corrected chi connectivity index (χ0v) is 13.9. The Bertz CT molecular complexity index is 265. The van der Waals surface area contributed by atoms with Crippen LogP contribution in [0.25, 0.3) is 0 Å². The first-order chi connectivity index (χ1) is 9.14. The smallest absolute Gasteiger partial charge is 0.374 e. The van der Waals surface area contributed by atoms with Gasteiger partial charge in [0.1, 0.15) is 12.4 Å². The molecule has 0 saturated carbocycles. The second kappa shape index (κ2) is 11.2. The van der Waals surface area contributed by atoms with Crippen LogP contribution in [0.1, 0.15) is 34.1 Å². The van der Waals surface area contributed by atoms with Crippen LogP contribution >= 0.6 is 0 Å². The van der Waals surface area contributed by atoms with Gasteiger partial charge < -0.3 is 13.3 Å². The summed E-state index contributed by atoms with van der Waals surface area (Å²) in [6.07, 6.45) is 6.74. The van der Waals surface area contributed by atoms with E-state index in [0.717, 1.165) is 12.5 Å². The molecule has 0 saturated heterocycles. The highest BCUT2D eigenvalue weighted by Gasteiger charge is 2.38. The Morgan fingerprint density at radius 2 is 1.53 bits per heavy atom. The molecule has 0 radical (unpaired) electrons. The maximum atomic E-state index is 5.65. The largest absolute Gasteiger partial charge is 0.500 e. The molecule has 0 fully saturated rings. The number of rotatable bonds is 8. The summed E-state index contributed by atoms with van der Waals surface area (Å²) in [6.45, 7) is 10.1. The van der Waals surface area contributed by atoms with Gasteiger partial charge in [0.2, 0.25) is 6.33 Å². The number of nitrogens with zero attached hydrogens (tertiary/aromatic N) is 1. The van der Waals surface area contributed by atoms with Crippen molar-refractivity contribution in [1.29, 1.82) is 0 Å². The van der Waals surface area contributed by atoms with Gasteiger partial charge in [0.15, 0.2) is 0 Å². The summed E-state index contributed by atoms with van der Waals surface area (Å²) in [5.74, 6) is 0. The van der Waals surface area contributed by atoms with Gasteiger partial charge in [0.25, 0.3) is 0 Å². The van der Waals surface area contributed by atoms with Gasteiger partial charge in [-0.2, -0.15) is 0 Å². The highest BCUT2D eigenvalue weighted by atomic mass is 28.4. The van der Waals surface area contributed by atoms with Crippen molar-refractivity contribution in [3.8, 4) is 0 Å². The highest BCUT2D eigenvalue weighted by Crippen LogP contribution is 2.17. The summed E-state index contributed by atoms with van der Waals surface area (Å²) in [5, 5.41) is 0. The quantitative estimate of drug-likeness (QED) is 0.590. The predicted molar refractivity (Wildman–Crippen MR) is 77.7 cm³/mol. The second-order valence-electron chi connectivity index (χ2n) is 4.01. The molecular weight excluding hydrogens is 260 g/mol. The topological polar surface area (TPSA) is 47.4 Å². The Kier molecular flexibility index (Phi) is 10.8. The van der Waals surface area contributed by atoms with E-state index >= 15 is 0 Å². The lowest BCUT2D eigenvalue weighted by molar-refractivity contribution is -0.670. The van der Waals surface area contributed by atoms with Crippen LogP contribution in [0, 0.1) is 0 Å². The Labute approximate surface area is 118 Å². The predicted octanol–water partition coefficient (Wildman–Crippen LogP) is 2.28. The molecule has 0 atom stereocenters. The van der Waals surface area contributed by atoms with E-state index < -0.39 is 8.80 Å². The van der Waals surface area contributed by atoms with Crippen LogP contribution in [0.2, 0.25) is 6.04 Å². The van der Waals surface area contributed by atoms with Crippen molar-refractivity contribution < 1.29 is 17.8 Å². The summed E-state index contributed by atoms with van der Waals surface area (Å²) in [4.78, 5) is 2.89. The fourth-order valence-electron chi connectivity index (χ4n) is 1.67. The van der Waals surface area contributed by atoms with E-state index in [-0.39, 0.29) is 0 Å². The zero-order chi connectivity index (χ0) is 14.6. The number of imidazole rings is 1. The first kappa shape index (κ1) is 18.3. The molecule has 19 heavy (non-hydrogen) atoms. The monoisotopic (exact) mass is 289 g/mol. The molecule has 1 N–H and O–H groups in total. The van der Waals surface area contributed by atoms with Gasteiger partial charge in [-0.3, -0.25) is 4.98 Å². The number of aromatic nitrogens is 2. The molecule has 0 unspecified atom stereocenters. The molecule has 1 heterocycles. The van der Waals surface area contributed by atoms with Crippen LogP contribution in [0.3, 0.4) is 0 Å². The SMILES string of the molecule is CCC[Si](OCC)(OCC)OCC.C[n+]1cc[nH]c1. The number of nitrogens with one attached hydrogen (secondary N) is 1. The van der Waals surface area contributed by atoms with Crippen LogP contribution in [0.5, 0.6) is 0 Å². The van der Waals surface area contributed by atoms with Crippen molar-refractivity contribution in [3.63, 3.8) is 0 Å². The minimum Gasteiger partial charge on any atom is -0.374 e. The summed E-state index contributed by atoms with van der Waals surface area (Å²) in [6, 6.07) is 0.919. The van der Waals surface area contributed by atoms with Crippen LogP contribution in [-0.2, 0) is 20.3 Å². The molecule has 1 rings (SSSR count). The lowest BCUT2D eigenvalue weighted by atomic mass is 10.6. The van der Waals surface area contributed by atoms with E-state index in [1.165, 1.54) is 0 Å². The maximum absolute atomic E-state index is 5.65. The number of aryl methyl sites for hydroxylation is 1. The molecule has 112 valence electrons. The van der Waals surface area contributed by atoms with E-state index in [0.29, 0.717) is 19.8 Å². The van der Waals surface area contributed by atoms with Crippen molar-refractivity contribution in [2.75, 3.05) is 19.8 Å². The minimum absolute atomic E-state index is 0.673. The summed E-state index contributed by atoms with van der Waals surface area (Å²) in [7, 11) is -0.327. The van der Waals surface area contributed by atoms with Crippen molar-refractivity contribution in [1.82, 2.24) is 4.98 Å². The van der Waals surface area contributed by atoms with Crippen LogP contribution < -0.4 is 4.57 Å². The summed E-state index contributed by atoms with van der Waals surface area (Å²) < 4.78 is 18.9. The van der Waals surface area contributed by atoms with Crippen molar-refractivity contribution >= 4 is 8.80 Å². The van der Waals surface area contributed by atoms with Gasteiger partial charge in [-0.05, 0) is 20.8 Å². The molecule has 0 spiro atoms. The number of H-pyrrole nitrogens is 1. The van der Waals surface area contributed by atoms with Gasteiger partial charge in [-0.25, -0.2) is 4.57 Å². The third-order valence-corrected chi connectivity index (χ3v) is 5.63. The Hall–Kier alpha value is -0.693. The Morgan fingerprint density at radius 1 is 1.00 bits per heavy atom. The van der Waals surface area contributed by atoms with Gasteiger partial charge in [0, 0.05) is 25.9 Å². The molecule has 0 aliphatic carbocycles. The van der Waals surface area contributed by atoms with Gasteiger partial charge in [0.05, 0.1) is 7.05 Å². The van der Waals surface area contributed by atoms with E-state index in [1.807, 2.05) is 51.1 Å². The van der Waals surface area contributed by atoms with E-state index in [4.69, 9.17) is 13.3 Å². The zero-order valence-electron chi connectivity index (χ0n) is 12.9. The molecule has 0 aliphatic rings. The first-order valence-corrected chi connectivity index (χ1v) is 8.97. The summed E-state index contributed by atoms with van der Waals surface area (Å²) >= 11 is 0. The third kappa shape index (κ3) is 8.15. The maximum Gasteiger partial charge on any atom is 0.500 e. The molecule has 0 amide bonds. The van der Waals surface area contributed by atoms with E-state index in [2.05, 4.69) is 11.9 Å². The third-order valence-electron chi connectivity index (χ3n) is 2.33. The fourth-order valence-corrected chi connectivity index (χ4v) is 4.29. The molecule has 5 nitrogen and oxygen atoms in total. The average Bonchev–Trinajstić information content (AvgIpc) is 2.82. The minimum atomic E-state index is -2.30. The normalized spacial score (nSPS) is 11.0. The number of hydrogen-bond acceptors (Lipinski definition) is 3. The lowest BCUT2D eigenvalue weighted by Crippen LogP contribution is -2.45. The Balaban J connectivity index is 0.000000443. The summed E-state index contributed by atoms with van der Waals surface area (Å²) in [5.41, 5.74) is 0. The Morgan fingerprint density at radius 3 is 1.74 bits per heavy atom. The van der Waals surface area contributed by atoms with Crippen molar-refractivity contribution in [2.45, 2.75) is 40.2 Å². The van der Waals surface area contributed by atoms with Crippen molar-refractivity contribution in [3.05, 3.63) is 18.7 Å². The average molecular weight is 289 g/mol. The van der Waals surface area contributed by atoms with Gasteiger partial charge in [-0.15, -0.1) is 0 Å². The van der Waals surface area contributed by atoms with Crippen molar-refractivity contribution in [2.24, 2.45) is 7.05 Å².